The van der Waals surface area contributed by atoms with Crippen LogP contribution in [0.3, 0.4) is 0 Å². The lowest BCUT2D eigenvalue weighted by atomic mass is 10.2. The van der Waals surface area contributed by atoms with Gasteiger partial charge in [0.05, 0.1) is 44.3 Å². The van der Waals surface area contributed by atoms with Crippen molar-refractivity contribution in [3.8, 4) is 0 Å². The summed E-state index contributed by atoms with van der Waals surface area (Å²) in [4.78, 5) is 0. The smallest absolute Gasteiger partial charge is 0.0994 e. The Hall–Kier alpha value is -0.980. The van der Waals surface area contributed by atoms with E-state index in [9.17, 15) is 0 Å². The molecule has 86 valence electrons. The van der Waals surface area contributed by atoms with Gasteiger partial charge >= 0.3 is 0 Å². The topological polar surface area (TPSA) is 86.2 Å². The van der Waals surface area contributed by atoms with Gasteiger partial charge in [0.25, 0.3) is 0 Å². The van der Waals surface area contributed by atoms with E-state index in [1.165, 1.54) is 0 Å². The van der Waals surface area contributed by atoms with E-state index < -0.39 is 0 Å². The maximum atomic E-state index is 8.50. The molecule has 1 rings (SSSR count). The number of hydrogen-bond donors (Lipinski definition) is 2. The highest BCUT2D eigenvalue weighted by Gasteiger charge is 2.07. The molecule has 1 aromatic heterocycles. The molecule has 0 saturated carbocycles. The molecule has 0 fully saturated rings. The first kappa shape index (κ1) is 12.1. The quantitative estimate of drug-likeness (QED) is 0.608. The lowest BCUT2D eigenvalue weighted by Gasteiger charge is -2.02. The van der Waals surface area contributed by atoms with E-state index in [1.807, 2.05) is 13.1 Å². The predicted molar refractivity (Wildman–Crippen MR) is 55.1 cm³/mol. The van der Waals surface area contributed by atoms with Crippen LogP contribution in [0.4, 0.5) is 0 Å². The van der Waals surface area contributed by atoms with E-state index in [-0.39, 0.29) is 12.6 Å². The van der Waals surface area contributed by atoms with Gasteiger partial charge in [-0.2, -0.15) is 0 Å². The third kappa shape index (κ3) is 3.94. The Morgan fingerprint density at radius 2 is 2.40 bits per heavy atom. The van der Waals surface area contributed by atoms with Crippen molar-refractivity contribution >= 4 is 0 Å². The summed E-state index contributed by atoms with van der Waals surface area (Å²) < 4.78 is 6.81. The maximum Gasteiger partial charge on any atom is 0.0994 e. The third-order valence-electron chi connectivity index (χ3n) is 2.08. The van der Waals surface area contributed by atoms with Crippen molar-refractivity contribution in [2.45, 2.75) is 25.9 Å². The average molecular weight is 214 g/mol. The summed E-state index contributed by atoms with van der Waals surface area (Å²) in [6.07, 6.45) is 2.68. The molecule has 0 bridgehead atoms. The zero-order chi connectivity index (χ0) is 11.1. The van der Waals surface area contributed by atoms with Crippen molar-refractivity contribution in [2.24, 2.45) is 5.73 Å². The van der Waals surface area contributed by atoms with Crippen LogP contribution in [0.2, 0.25) is 0 Å². The molecule has 6 heteroatoms. The van der Waals surface area contributed by atoms with Crippen LogP contribution in [-0.4, -0.2) is 39.9 Å². The van der Waals surface area contributed by atoms with Crippen molar-refractivity contribution < 1.29 is 9.84 Å². The fraction of sp³-hybridized carbons (Fsp3) is 0.778. The number of nitrogens with zero attached hydrogens (tertiary/aromatic N) is 3. The Morgan fingerprint density at radius 1 is 1.60 bits per heavy atom. The van der Waals surface area contributed by atoms with Crippen molar-refractivity contribution in [1.82, 2.24) is 15.0 Å². The Kier molecular flexibility index (Phi) is 5.23. The zero-order valence-electron chi connectivity index (χ0n) is 8.96. The van der Waals surface area contributed by atoms with Crippen molar-refractivity contribution in [1.29, 1.82) is 0 Å². The van der Waals surface area contributed by atoms with E-state index in [4.69, 9.17) is 15.6 Å². The highest BCUT2D eigenvalue weighted by molar-refractivity contribution is 4.98. The second kappa shape index (κ2) is 6.49. The second-order valence-electron chi connectivity index (χ2n) is 3.26. The summed E-state index contributed by atoms with van der Waals surface area (Å²) in [7, 11) is 0. The van der Waals surface area contributed by atoms with Crippen LogP contribution in [0.1, 0.15) is 25.1 Å². The van der Waals surface area contributed by atoms with E-state index in [2.05, 4.69) is 10.3 Å². The normalized spacial score (nSPS) is 13.0. The predicted octanol–water partition coefficient (Wildman–Crippen LogP) is -0.303. The number of aliphatic hydroxyl groups is 1. The van der Waals surface area contributed by atoms with Gasteiger partial charge in [-0.25, -0.2) is 4.68 Å². The Labute approximate surface area is 89.0 Å². The fourth-order valence-corrected chi connectivity index (χ4v) is 1.13. The van der Waals surface area contributed by atoms with Crippen molar-refractivity contribution in [3.63, 3.8) is 0 Å². The molecule has 0 saturated heterocycles. The van der Waals surface area contributed by atoms with Crippen LogP contribution in [0.25, 0.3) is 0 Å². The molecular weight excluding hydrogens is 196 g/mol. The van der Waals surface area contributed by atoms with Gasteiger partial charge in [0.1, 0.15) is 0 Å². The number of rotatable bonds is 7. The number of hydrogen-bond acceptors (Lipinski definition) is 5. The number of nitrogens with two attached hydrogens (primary N) is 1. The van der Waals surface area contributed by atoms with Crippen LogP contribution >= 0.6 is 0 Å². The van der Waals surface area contributed by atoms with Crippen LogP contribution in [0.15, 0.2) is 6.20 Å². The lowest BCUT2D eigenvalue weighted by molar-refractivity contribution is 0.0851. The van der Waals surface area contributed by atoms with E-state index in [1.54, 1.807) is 4.68 Å². The first-order chi connectivity index (χ1) is 7.27. The number of aliphatic hydroxyl groups excluding tert-OH is 1. The van der Waals surface area contributed by atoms with Crippen molar-refractivity contribution in [2.75, 3.05) is 19.8 Å². The minimum Gasteiger partial charge on any atom is -0.394 e. The summed E-state index contributed by atoms with van der Waals surface area (Å²) in [5.41, 5.74) is 6.61. The molecule has 1 aromatic rings. The van der Waals surface area contributed by atoms with E-state index >= 15 is 0 Å². The molecule has 0 amide bonds. The standard InChI is InChI=1S/C9H18N4O2/c1-2-8(10)9-7-13(12-11-9)3-5-15-6-4-14/h7-8,14H,2-6,10H2,1H3. The molecule has 0 aliphatic carbocycles. The van der Waals surface area contributed by atoms with Gasteiger partial charge in [-0.05, 0) is 6.42 Å². The van der Waals surface area contributed by atoms with Gasteiger partial charge in [-0.1, -0.05) is 12.1 Å². The van der Waals surface area contributed by atoms with Crippen LogP contribution in [0, 0.1) is 0 Å². The van der Waals surface area contributed by atoms with E-state index in [0.717, 1.165) is 12.1 Å². The maximum absolute atomic E-state index is 8.50. The summed E-state index contributed by atoms with van der Waals surface area (Å²) in [5.74, 6) is 0. The molecule has 0 radical (unpaired) electrons. The molecular formula is C9H18N4O2. The summed E-state index contributed by atoms with van der Waals surface area (Å²) >= 11 is 0. The summed E-state index contributed by atoms with van der Waals surface area (Å²) in [6.45, 7) is 3.56. The largest absolute Gasteiger partial charge is 0.394 e. The Morgan fingerprint density at radius 3 is 3.07 bits per heavy atom. The monoisotopic (exact) mass is 214 g/mol. The zero-order valence-corrected chi connectivity index (χ0v) is 8.96. The summed E-state index contributed by atoms with van der Waals surface area (Å²) in [5, 5.41) is 16.4. The second-order valence-corrected chi connectivity index (χ2v) is 3.26. The highest BCUT2D eigenvalue weighted by Crippen LogP contribution is 2.08. The molecule has 0 aromatic carbocycles. The Bertz CT molecular complexity index is 277. The Balaban J connectivity index is 2.33. The molecule has 15 heavy (non-hydrogen) atoms. The third-order valence-corrected chi connectivity index (χ3v) is 2.08. The van der Waals surface area contributed by atoms with E-state index in [0.29, 0.717) is 19.8 Å². The van der Waals surface area contributed by atoms with Crippen LogP contribution in [-0.2, 0) is 11.3 Å². The van der Waals surface area contributed by atoms with Gasteiger partial charge in [-0.15, -0.1) is 5.10 Å². The molecule has 3 N–H and O–H groups in total. The van der Waals surface area contributed by atoms with Crippen LogP contribution < -0.4 is 5.73 Å². The molecule has 6 nitrogen and oxygen atoms in total. The molecule has 0 spiro atoms. The van der Waals surface area contributed by atoms with Gasteiger partial charge < -0.3 is 15.6 Å². The average Bonchev–Trinajstić information content (AvgIpc) is 2.72. The van der Waals surface area contributed by atoms with Gasteiger partial charge in [0.15, 0.2) is 0 Å². The van der Waals surface area contributed by atoms with Crippen molar-refractivity contribution in [3.05, 3.63) is 11.9 Å². The first-order valence-electron chi connectivity index (χ1n) is 5.12. The molecule has 0 aliphatic heterocycles. The molecule has 0 aliphatic rings. The molecule has 1 atom stereocenters. The van der Waals surface area contributed by atoms with Gasteiger partial charge in [0.2, 0.25) is 0 Å². The molecule has 1 heterocycles. The van der Waals surface area contributed by atoms with Gasteiger partial charge in [0, 0.05) is 0 Å². The van der Waals surface area contributed by atoms with Crippen LogP contribution in [0.5, 0.6) is 0 Å². The SMILES string of the molecule is CCC(N)c1cn(CCOCCO)nn1. The number of ether oxygens (including phenoxy) is 1. The number of aromatic nitrogens is 3. The minimum absolute atomic E-state index is 0.0443. The molecule has 1 unspecified atom stereocenters. The first-order valence-corrected chi connectivity index (χ1v) is 5.12. The fourth-order valence-electron chi connectivity index (χ4n) is 1.13. The highest BCUT2D eigenvalue weighted by atomic mass is 16.5. The summed E-state index contributed by atoms with van der Waals surface area (Å²) in [6, 6.07) is -0.0443. The van der Waals surface area contributed by atoms with Gasteiger partial charge in [-0.3, -0.25) is 0 Å². The lowest BCUT2D eigenvalue weighted by Crippen LogP contribution is -2.10. The minimum atomic E-state index is -0.0443.